The molecular weight excluding hydrogens is 238 g/mol. The van der Waals surface area contributed by atoms with Crippen molar-refractivity contribution in [2.45, 2.75) is 25.3 Å². The molecule has 7 heteroatoms. The molecule has 0 spiro atoms. The van der Waals surface area contributed by atoms with Crippen molar-refractivity contribution in [2.24, 2.45) is 0 Å². The van der Waals surface area contributed by atoms with Crippen LogP contribution in [0.4, 0.5) is 4.79 Å². The number of amides is 3. The van der Waals surface area contributed by atoms with E-state index in [0.717, 1.165) is 12.8 Å². The lowest BCUT2D eigenvalue weighted by Gasteiger charge is -2.32. The lowest BCUT2D eigenvalue weighted by Crippen LogP contribution is -2.51. The molecule has 1 atom stereocenters. The fourth-order valence-electron chi connectivity index (χ4n) is 2.00. The van der Waals surface area contributed by atoms with Crippen molar-refractivity contribution < 1.29 is 19.1 Å². The third-order valence-corrected chi connectivity index (χ3v) is 2.91. The van der Waals surface area contributed by atoms with E-state index in [1.165, 1.54) is 14.2 Å². The number of ether oxygens (including phenoxy) is 1. The molecule has 0 saturated carbocycles. The van der Waals surface area contributed by atoms with Gasteiger partial charge >= 0.3 is 12.0 Å². The first-order valence-corrected chi connectivity index (χ1v) is 5.92. The van der Waals surface area contributed by atoms with Crippen molar-refractivity contribution >= 4 is 17.9 Å². The Bertz CT molecular complexity index is 332. The Kier molecular flexibility index (Phi) is 5.57. The highest BCUT2D eigenvalue weighted by molar-refractivity contribution is 5.95. The van der Waals surface area contributed by atoms with Crippen molar-refractivity contribution in [3.63, 3.8) is 0 Å². The lowest BCUT2D eigenvalue weighted by molar-refractivity contribution is -0.148. The Morgan fingerprint density at radius 3 is 2.67 bits per heavy atom. The van der Waals surface area contributed by atoms with Crippen LogP contribution in [0.1, 0.15) is 19.3 Å². The number of rotatable bonds is 3. The summed E-state index contributed by atoms with van der Waals surface area (Å²) in [5.41, 5.74) is 0. The van der Waals surface area contributed by atoms with Crippen LogP contribution in [0.15, 0.2) is 0 Å². The van der Waals surface area contributed by atoms with E-state index in [1.54, 1.807) is 4.90 Å². The smallest absolute Gasteiger partial charge is 0.323 e. The largest absolute Gasteiger partial charge is 0.468 e. The molecule has 102 valence electrons. The first kappa shape index (κ1) is 14.4. The Labute approximate surface area is 106 Å². The standard InChI is InChI=1S/C11H19N3O4/c1-12-11(17)13-9(15)7-14-6-4-3-5-8(14)10(16)18-2/h8H,3-7H2,1-2H3,(H2,12,13,15,17)/t8-/m0/s1. The van der Waals surface area contributed by atoms with Crippen LogP contribution in [-0.4, -0.2) is 56.1 Å². The average Bonchev–Trinajstić information content (AvgIpc) is 2.38. The van der Waals surface area contributed by atoms with Crippen LogP contribution in [0, 0.1) is 0 Å². The molecule has 1 saturated heterocycles. The highest BCUT2D eigenvalue weighted by Crippen LogP contribution is 2.17. The van der Waals surface area contributed by atoms with E-state index in [4.69, 9.17) is 4.74 Å². The molecule has 0 aromatic heterocycles. The minimum Gasteiger partial charge on any atom is -0.468 e. The van der Waals surface area contributed by atoms with Crippen LogP contribution in [0.25, 0.3) is 0 Å². The number of urea groups is 1. The third kappa shape index (κ3) is 3.99. The number of piperidine rings is 1. The molecule has 1 aliphatic rings. The van der Waals surface area contributed by atoms with Crippen LogP contribution >= 0.6 is 0 Å². The molecule has 0 radical (unpaired) electrons. The van der Waals surface area contributed by atoms with Gasteiger partial charge in [0.25, 0.3) is 0 Å². The summed E-state index contributed by atoms with van der Waals surface area (Å²) in [5.74, 6) is -0.757. The number of imide groups is 1. The summed E-state index contributed by atoms with van der Waals surface area (Å²) in [6.07, 6.45) is 2.55. The quantitative estimate of drug-likeness (QED) is 0.664. The SMILES string of the molecule is CNC(=O)NC(=O)CN1CCCC[C@H]1C(=O)OC. The summed E-state index contributed by atoms with van der Waals surface area (Å²) < 4.78 is 4.71. The summed E-state index contributed by atoms with van der Waals surface area (Å²) in [5, 5.41) is 4.47. The van der Waals surface area contributed by atoms with Crippen molar-refractivity contribution in [3.8, 4) is 0 Å². The van der Waals surface area contributed by atoms with Gasteiger partial charge in [-0.05, 0) is 19.4 Å². The summed E-state index contributed by atoms with van der Waals surface area (Å²) in [6, 6.07) is -0.939. The summed E-state index contributed by atoms with van der Waals surface area (Å²) >= 11 is 0. The minimum atomic E-state index is -0.549. The minimum absolute atomic E-state index is 0.0210. The summed E-state index contributed by atoms with van der Waals surface area (Å²) in [6.45, 7) is 0.675. The van der Waals surface area contributed by atoms with Crippen LogP contribution in [0.2, 0.25) is 0 Å². The zero-order valence-electron chi connectivity index (χ0n) is 10.7. The average molecular weight is 257 g/mol. The van der Waals surface area contributed by atoms with Gasteiger partial charge in [0.2, 0.25) is 5.91 Å². The second kappa shape index (κ2) is 6.95. The maximum absolute atomic E-state index is 11.6. The van der Waals surface area contributed by atoms with E-state index in [-0.39, 0.29) is 18.6 Å². The number of esters is 1. The second-order valence-electron chi connectivity index (χ2n) is 4.13. The predicted molar refractivity (Wildman–Crippen MR) is 63.8 cm³/mol. The normalized spacial score (nSPS) is 20.0. The van der Waals surface area contributed by atoms with Crippen molar-refractivity contribution in [2.75, 3.05) is 27.2 Å². The van der Waals surface area contributed by atoms with Gasteiger partial charge in [-0.25, -0.2) is 4.79 Å². The van der Waals surface area contributed by atoms with Crippen LogP contribution in [0.5, 0.6) is 0 Å². The van der Waals surface area contributed by atoms with Gasteiger partial charge < -0.3 is 10.1 Å². The molecule has 0 aromatic carbocycles. The highest BCUT2D eigenvalue weighted by atomic mass is 16.5. The number of methoxy groups -OCH3 is 1. The fraction of sp³-hybridized carbons (Fsp3) is 0.727. The zero-order chi connectivity index (χ0) is 13.5. The molecule has 0 aliphatic carbocycles. The van der Waals surface area contributed by atoms with E-state index >= 15 is 0 Å². The summed E-state index contributed by atoms with van der Waals surface area (Å²) in [4.78, 5) is 35.9. The molecule has 18 heavy (non-hydrogen) atoms. The van der Waals surface area contributed by atoms with Gasteiger partial charge in [0, 0.05) is 7.05 Å². The van der Waals surface area contributed by atoms with Crippen LogP contribution in [0.3, 0.4) is 0 Å². The van der Waals surface area contributed by atoms with Gasteiger partial charge in [-0.15, -0.1) is 0 Å². The molecule has 1 heterocycles. The number of likely N-dealkylation sites (tertiary alicyclic amines) is 1. The lowest BCUT2D eigenvalue weighted by atomic mass is 10.0. The Balaban J connectivity index is 2.54. The number of carbonyl (C=O) groups excluding carboxylic acids is 3. The zero-order valence-corrected chi connectivity index (χ0v) is 10.7. The maximum Gasteiger partial charge on any atom is 0.323 e. The van der Waals surface area contributed by atoms with E-state index < -0.39 is 11.9 Å². The molecule has 2 N–H and O–H groups in total. The van der Waals surface area contributed by atoms with E-state index in [2.05, 4.69) is 10.6 Å². The number of carbonyl (C=O) groups is 3. The van der Waals surface area contributed by atoms with Gasteiger partial charge in [-0.2, -0.15) is 0 Å². The first-order chi connectivity index (χ1) is 8.58. The molecular formula is C11H19N3O4. The molecule has 3 amide bonds. The molecule has 1 aliphatic heterocycles. The molecule has 0 unspecified atom stereocenters. The van der Waals surface area contributed by atoms with Gasteiger partial charge in [0.05, 0.1) is 13.7 Å². The topological polar surface area (TPSA) is 87.7 Å². The number of nitrogens with zero attached hydrogens (tertiary/aromatic N) is 1. The predicted octanol–water partition coefficient (Wildman–Crippen LogP) is -0.530. The van der Waals surface area contributed by atoms with Crippen molar-refractivity contribution in [1.82, 2.24) is 15.5 Å². The molecule has 0 bridgehead atoms. The Morgan fingerprint density at radius 1 is 1.33 bits per heavy atom. The summed E-state index contributed by atoms with van der Waals surface area (Å²) in [7, 11) is 2.76. The molecule has 0 aromatic rings. The van der Waals surface area contributed by atoms with Gasteiger partial charge in [-0.3, -0.25) is 19.8 Å². The van der Waals surface area contributed by atoms with Gasteiger partial charge in [0.15, 0.2) is 0 Å². The Morgan fingerprint density at radius 2 is 2.06 bits per heavy atom. The van der Waals surface area contributed by atoms with Gasteiger partial charge in [-0.1, -0.05) is 6.42 Å². The van der Waals surface area contributed by atoms with E-state index in [9.17, 15) is 14.4 Å². The third-order valence-electron chi connectivity index (χ3n) is 2.91. The Hall–Kier alpha value is -1.63. The van der Waals surface area contributed by atoms with Crippen LogP contribution < -0.4 is 10.6 Å². The molecule has 1 rings (SSSR count). The number of hydrogen-bond donors (Lipinski definition) is 2. The number of nitrogens with one attached hydrogen (secondary N) is 2. The van der Waals surface area contributed by atoms with E-state index in [0.29, 0.717) is 13.0 Å². The fourth-order valence-corrected chi connectivity index (χ4v) is 2.00. The monoisotopic (exact) mass is 257 g/mol. The van der Waals surface area contributed by atoms with Crippen molar-refractivity contribution in [1.29, 1.82) is 0 Å². The highest BCUT2D eigenvalue weighted by Gasteiger charge is 2.30. The van der Waals surface area contributed by atoms with Gasteiger partial charge in [0.1, 0.15) is 6.04 Å². The van der Waals surface area contributed by atoms with E-state index in [1.807, 2.05) is 0 Å². The second-order valence-corrected chi connectivity index (χ2v) is 4.13. The first-order valence-electron chi connectivity index (χ1n) is 5.92. The number of hydrogen-bond acceptors (Lipinski definition) is 5. The molecule has 7 nitrogen and oxygen atoms in total. The maximum atomic E-state index is 11.6. The van der Waals surface area contributed by atoms with Crippen LogP contribution in [-0.2, 0) is 14.3 Å². The molecule has 1 fully saturated rings. The van der Waals surface area contributed by atoms with Crippen molar-refractivity contribution in [3.05, 3.63) is 0 Å².